The third-order valence-corrected chi connectivity index (χ3v) is 2.18. The van der Waals surface area contributed by atoms with Crippen LogP contribution in [0.5, 0.6) is 0 Å². The maximum Gasteiger partial charge on any atom is 0.312 e. The molecule has 0 bridgehead atoms. The Balaban J connectivity index is 2.12. The fraction of sp³-hybridized carbons (Fsp3) is 0.875. The first-order valence-electron chi connectivity index (χ1n) is 4.42. The van der Waals surface area contributed by atoms with E-state index in [9.17, 15) is 4.79 Å². The average molecular weight is 170 g/mol. The molecule has 1 radical (unpaired) electrons. The van der Waals surface area contributed by atoms with Gasteiger partial charge >= 0.3 is 6.41 Å². The number of nitrogens with two attached hydrogens (primary N) is 1. The van der Waals surface area contributed by atoms with Crippen molar-refractivity contribution in [2.75, 3.05) is 39.3 Å². The average Bonchev–Trinajstić information content (AvgIpc) is 2.15. The zero-order chi connectivity index (χ0) is 8.81. The second-order valence-electron chi connectivity index (χ2n) is 3.06. The highest BCUT2D eigenvalue weighted by Crippen LogP contribution is 1.99. The first-order chi connectivity index (χ1) is 5.86. The lowest BCUT2D eigenvalue weighted by Crippen LogP contribution is -2.46. The monoisotopic (exact) mass is 170 g/mol. The van der Waals surface area contributed by atoms with Gasteiger partial charge in [-0.3, -0.25) is 9.69 Å². The molecular weight excluding hydrogens is 154 g/mol. The molecule has 1 fully saturated rings. The van der Waals surface area contributed by atoms with E-state index >= 15 is 0 Å². The molecule has 0 atom stereocenters. The molecule has 4 nitrogen and oxygen atoms in total. The van der Waals surface area contributed by atoms with Crippen LogP contribution in [-0.2, 0) is 4.79 Å². The number of hydrogen-bond acceptors (Lipinski definition) is 3. The Labute approximate surface area is 73.3 Å². The predicted octanol–water partition coefficient (Wildman–Crippen LogP) is -0.980. The molecule has 0 aromatic heterocycles. The minimum absolute atomic E-state index is 0.750. The van der Waals surface area contributed by atoms with E-state index in [1.807, 2.05) is 6.41 Å². The molecule has 0 spiro atoms. The standard InChI is InChI=1S/C8H16N3O/c9-2-1-3-10-4-6-11(8-12)7-5-10/h1-7,9H2. The molecule has 4 heteroatoms. The number of amides is 1. The number of nitrogens with zero attached hydrogens (tertiary/aromatic N) is 2. The van der Waals surface area contributed by atoms with Crippen LogP contribution in [0.25, 0.3) is 0 Å². The Kier molecular flexibility index (Phi) is 4.04. The largest absolute Gasteiger partial charge is 0.332 e. The van der Waals surface area contributed by atoms with Crippen LogP contribution >= 0.6 is 0 Å². The van der Waals surface area contributed by atoms with E-state index in [1.165, 1.54) is 0 Å². The van der Waals surface area contributed by atoms with Crippen molar-refractivity contribution in [3.63, 3.8) is 0 Å². The minimum Gasteiger partial charge on any atom is -0.332 e. The number of rotatable bonds is 4. The predicted molar refractivity (Wildman–Crippen MR) is 47.4 cm³/mol. The van der Waals surface area contributed by atoms with Gasteiger partial charge in [-0.1, -0.05) is 0 Å². The molecule has 0 saturated carbocycles. The van der Waals surface area contributed by atoms with Crippen molar-refractivity contribution in [3.8, 4) is 0 Å². The summed E-state index contributed by atoms with van der Waals surface area (Å²) >= 11 is 0. The van der Waals surface area contributed by atoms with E-state index in [4.69, 9.17) is 5.73 Å². The molecule has 0 unspecified atom stereocenters. The van der Waals surface area contributed by atoms with Crippen LogP contribution in [0.3, 0.4) is 0 Å². The van der Waals surface area contributed by atoms with Crippen molar-refractivity contribution in [1.82, 2.24) is 9.80 Å². The highest BCUT2D eigenvalue weighted by Gasteiger charge is 2.14. The molecule has 0 aromatic carbocycles. The van der Waals surface area contributed by atoms with Crippen molar-refractivity contribution in [1.29, 1.82) is 0 Å². The molecule has 2 N–H and O–H groups in total. The summed E-state index contributed by atoms with van der Waals surface area (Å²) in [6.07, 6.45) is 2.96. The van der Waals surface area contributed by atoms with Gasteiger partial charge in [-0.25, -0.2) is 0 Å². The third kappa shape index (κ3) is 2.79. The number of piperazine rings is 1. The summed E-state index contributed by atoms with van der Waals surface area (Å²) in [6.45, 7) is 5.37. The molecule has 1 amide bonds. The van der Waals surface area contributed by atoms with Gasteiger partial charge in [0.05, 0.1) is 0 Å². The van der Waals surface area contributed by atoms with Crippen LogP contribution in [0.1, 0.15) is 6.42 Å². The first-order valence-corrected chi connectivity index (χ1v) is 4.42. The molecule has 1 saturated heterocycles. The van der Waals surface area contributed by atoms with E-state index in [-0.39, 0.29) is 0 Å². The fourth-order valence-corrected chi connectivity index (χ4v) is 1.38. The van der Waals surface area contributed by atoms with Crippen LogP contribution in [0.4, 0.5) is 0 Å². The lowest BCUT2D eigenvalue weighted by atomic mass is 10.3. The van der Waals surface area contributed by atoms with Gasteiger partial charge in [0.15, 0.2) is 0 Å². The molecule has 0 aliphatic carbocycles. The van der Waals surface area contributed by atoms with E-state index in [0.29, 0.717) is 0 Å². The second-order valence-corrected chi connectivity index (χ2v) is 3.06. The van der Waals surface area contributed by atoms with Gasteiger partial charge in [-0.15, -0.1) is 0 Å². The molecule has 1 rings (SSSR count). The molecule has 1 aliphatic heterocycles. The lowest BCUT2D eigenvalue weighted by molar-refractivity contribution is 0.178. The highest BCUT2D eigenvalue weighted by atomic mass is 16.1. The molecule has 1 heterocycles. The van der Waals surface area contributed by atoms with Crippen molar-refractivity contribution in [3.05, 3.63) is 0 Å². The maximum atomic E-state index is 10.2. The smallest absolute Gasteiger partial charge is 0.312 e. The molecule has 69 valence electrons. The van der Waals surface area contributed by atoms with E-state index in [2.05, 4.69) is 4.90 Å². The Morgan fingerprint density at radius 1 is 1.25 bits per heavy atom. The third-order valence-electron chi connectivity index (χ3n) is 2.18. The Bertz CT molecular complexity index is 132. The van der Waals surface area contributed by atoms with Crippen LogP contribution in [-0.4, -0.2) is 55.5 Å². The quantitative estimate of drug-likeness (QED) is 0.590. The van der Waals surface area contributed by atoms with E-state index < -0.39 is 0 Å². The topological polar surface area (TPSA) is 49.6 Å². The molecule has 0 aromatic rings. The van der Waals surface area contributed by atoms with Gasteiger partial charge in [0.1, 0.15) is 0 Å². The number of hydrogen-bond donors (Lipinski definition) is 1. The zero-order valence-electron chi connectivity index (χ0n) is 7.33. The van der Waals surface area contributed by atoms with Crippen LogP contribution in [0, 0.1) is 0 Å². The Morgan fingerprint density at radius 3 is 2.42 bits per heavy atom. The summed E-state index contributed by atoms with van der Waals surface area (Å²) < 4.78 is 0. The van der Waals surface area contributed by atoms with E-state index in [1.54, 1.807) is 4.90 Å². The van der Waals surface area contributed by atoms with Gasteiger partial charge < -0.3 is 10.6 Å². The summed E-state index contributed by atoms with van der Waals surface area (Å²) in [6, 6.07) is 0. The van der Waals surface area contributed by atoms with Crippen LogP contribution < -0.4 is 5.73 Å². The van der Waals surface area contributed by atoms with Gasteiger partial charge in [0.2, 0.25) is 0 Å². The van der Waals surface area contributed by atoms with Crippen molar-refractivity contribution < 1.29 is 4.79 Å². The minimum atomic E-state index is 0.750. The molecular formula is C8H16N3O. The summed E-state index contributed by atoms with van der Waals surface area (Å²) in [5.41, 5.74) is 5.40. The Hall–Kier alpha value is -0.610. The summed E-state index contributed by atoms with van der Waals surface area (Å²) in [4.78, 5) is 14.3. The SMILES string of the molecule is NCCCN1CCN([C]=O)CC1. The molecule has 12 heavy (non-hydrogen) atoms. The van der Waals surface area contributed by atoms with E-state index in [0.717, 1.165) is 45.7 Å². The zero-order valence-corrected chi connectivity index (χ0v) is 7.33. The fourth-order valence-electron chi connectivity index (χ4n) is 1.38. The lowest BCUT2D eigenvalue weighted by Gasteiger charge is -2.31. The van der Waals surface area contributed by atoms with Crippen LogP contribution in [0.15, 0.2) is 0 Å². The first kappa shape index (κ1) is 9.48. The maximum absolute atomic E-state index is 10.2. The number of carbonyl (C=O) groups excluding carboxylic acids is 1. The van der Waals surface area contributed by atoms with Gasteiger partial charge in [-0.2, -0.15) is 0 Å². The molecule has 1 aliphatic rings. The highest BCUT2D eigenvalue weighted by molar-refractivity contribution is 5.48. The van der Waals surface area contributed by atoms with Gasteiger partial charge in [0, 0.05) is 26.2 Å². The summed E-state index contributed by atoms with van der Waals surface area (Å²) in [5.74, 6) is 0. The normalized spacial score (nSPS) is 19.6. The Morgan fingerprint density at radius 2 is 1.92 bits per heavy atom. The van der Waals surface area contributed by atoms with Crippen molar-refractivity contribution in [2.45, 2.75) is 6.42 Å². The van der Waals surface area contributed by atoms with Crippen LogP contribution in [0.2, 0.25) is 0 Å². The van der Waals surface area contributed by atoms with Crippen molar-refractivity contribution in [2.24, 2.45) is 5.73 Å². The van der Waals surface area contributed by atoms with Gasteiger partial charge in [0.25, 0.3) is 0 Å². The summed E-state index contributed by atoms with van der Waals surface area (Å²) in [7, 11) is 0. The van der Waals surface area contributed by atoms with Crippen molar-refractivity contribution >= 4 is 6.41 Å². The summed E-state index contributed by atoms with van der Waals surface area (Å²) in [5, 5.41) is 0. The second kappa shape index (κ2) is 5.11. The van der Waals surface area contributed by atoms with Gasteiger partial charge in [-0.05, 0) is 19.5 Å².